The standard InChI is InChI=1S/C12H18N2O/c1-3-5-9(2)15-11-7-4-6-10(8-11)12(13)14/h4,6-9H,3,5H2,1-2H3,(H3,13,14). The number of nitrogens with one attached hydrogen (secondary N) is 1. The van der Waals surface area contributed by atoms with Gasteiger partial charge in [-0.05, 0) is 25.5 Å². The highest BCUT2D eigenvalue weighted by Crippen LogP contribution is 2.16. The Kier molecular flexibility index (Phi) is 4.16. The molecular weight excluding hydrogens is 188 g/mol. The molecule has 0 bridgehead atoms. The molecule has 0 saturated heterocycles. The molecule has 3 nitrogen and oxygen atoms in total. The first-order chi connectivity index (χ1) is 7.13. The molecule has 0 aliphatic heterocycles. The van der Waals surface area contributed by atoms with E-state index in [-0.39, 0.29) is 11.9 Å². The van der Waals surface area contributed by atoms with Crippen molar-refractivity contribution in [3.8, 4) is 5.75 Å². The Morgan fingerprint density at radius 3 is 2.87 bits per heavy atom. The molecule has 0 fully saturated rings. The number of hydrogen-bond acceptors (Lipinski definition) is 2. The molecule has 15 heavy (non-hydrogen) atoms. The third kappa shape index (κ3) is 3.62. The minimum Gasteiger partial charge on any atom is -0.491 e. The molecule has 1 atom stereocenters. The Balaban J connectivity index is 2.69. The Hall–Kier alpha value is -1.51. The van der Waals surface area contributed by atoms with Gasteiger partial charge in [-0.1, -0.05) is 25.5 Å². The maximum Gasteiger partial charge on any atom is 0.122 e. The molecule has 0 aromatic heterocycles. The molecule has 82 valence electrons. The van der Waals surface area contributed by atoms with E-state index in [9.17, 15) is 0 Å². The Morgan fingerprint density at radius 2 is 2.27 bits per heavy atom. The summed E-state index contributed by atoms with van der Waals surface area (Å²) in [5, 5.41) is 7.32. The monoisotopic (exact) mass is 206 g/mol. The van der Waals surface area contributed by atoms with Gasteiger partial charge >= 0.3 is 0 Å². The molecule has 1 aromatic carbocycles. The van der Waals surface area contributed by atoms with Gasteiger partial charge in [0.1, 0.15) is 11.6 Å². The summed E-state index contributed by atoms with van der Waals surface area (Å²) < 4.78 is 5.69. The van der Waals surface area contributed by atoms with E-state index in [1.165, 1.54) is 0 Å². The van der Waals surface area contributed by atoms with Crippen LogP contribution in [-0.4, -0.2) is 11.9 Å². The van der Waals surface area contributed by atoms with Crippen molar-refractivity contribution in [3.05, 3.63) is 29.8 Å². The van der Waals surface area contributed by atoms with E-state index in [4.69, 9.17) is 15.9 Å². The van der Waals surface area contributed by atoms with Gasteiger partial charge in [0, 0.05) is 5.56 Å². The fourth-order valence-corrected chi connectivity index (χ4v) is 1.43. The average molecular weight is 206 g/mol. The van der Waals surface area contributed by atoms with Gasteiger partial charge in [0.25, 0.3) is 0 Å². The lowest BCUT2D eigenvalue weighted by Gasteiger charge is -2.14. The summed E-state index contributed by atoms with van der Waals surface area (Å²) in [6.07, 6.45) is 2.34. The average Bonchev–Trinajstić information content (AvgIpc) is 2.18. The summed E-state index contributed by atoms with van der Waals surface area (Å²) in [7, 11) is 0. The highest BCUT2D eigenvalue weighted by molar-refractivity contribution is 5.95. The SMILES string of the molecule is CCCC(C)Oc1cccc(C(=N)N)c1. The number of nitrogen functional groups attached to an aromatic ring is 1. The van der Waals surface area contributed by atoms with Crippen LogP contribution in [0, 0.1) is 5.41 Å². The number of rotatable bonds is 5. The molecule has 0 spiro atoms. The van der Waals surface area contributed by atoms with Gasteiger partial charge in [-0.3, -0.25) is 5.41 Å². The topological polar surface area (TPSA) is 59.1 Å². The lowest BCUT2D eigenvalue weighted by Crippen LogP contribution is -2.13. The van der Waals surface area contributed by atoms with Crippen molar-refractivity contribution in [2.24, 2.45) is 5.73 Å². The van der Waals surface area contributed by atoms with Crippen LogP contribution in [-0.2, 0) is 0 Å². The number of benzene rings is 1. The summed E-state index contributed by atoms with van der Waals surface area (Å²) in [6, 6.07) is 7.34. The minimum atomic E-state index is 0.0728. The van der Waals surface area contributed by atoms with Crippen LogP contribution in [0.15, 0.2) is 24.3 Å². The first-order valence-electron chi connectivity index (χ1n) is 5.24. The number of hydrogen-bond donors (Lipinski definition) is 2. The highest BCUT2D eigenvalue weighted by Gasteiger charge is 2.04. The first kappa shape index (κ1) is 11.6. The van der Waals surface area contributed by atoms with E-state index in [2.05, 4.69) is 6.92 Å². The van der Waals surface area contributed by atoms with Crippen LogP contribution in [0.2, 0.25) is 0 Å². The summed E-state index contributed by atoms with van der Waals surface area (Å²) in [5.74, 6) is 0.854. The maximum atomic E-state index is 7.32. The van der Waals surface area contributed by atoms with Gasteiger partial charge in [-0.2, -0.15) is 0 Å². The van der Waals surface area contributed by atoms with Crippen molar-refractivity contribution in [2.75, 3.05) is 0 Å². The molecular formula is C12H18N2O. The van der Waals surface area contributed by atoms with Gasteiger partial charge in [-0.25, -0.2) is 0 Å². The second-order valence-corrected chi connectivity index (χ2v) is 3.66. The van der Waals surface area contributed by atoms with E-state index in [0.717, 1.165) is 18.6 Å². The Morgan fingerprint density at radius 1 is 1.53 bits per heavy atom. The molecule has 1 aromatic rings. The van der Waals surface area contributed by atoms with Gasteiger partial charge in [0.15, 0.2) is 0 Å². The molecule has 0 radical (unpaired) electrons. The van der Waals surface area contributed by atoms with E-state index < -0.39 is 0 Å². The zero-order valence-electron chi connectivity index (χ0n) is 9.29. The third-order valence-electron chi connectivity index (χ3n) is 2.18. The fourth-order valence-electron chi connectivity index (χ4n) is 1.43. The lowest BCUT2D eigenvalue weighted by atomic mass is 10.2. The van der Waals surface area contributed by atoms with Crippen molar-refractivity contribution in [1.82, 2.24) is 0 Å². The van der Waals surface area contributed by atoms with Crippen molar-refractivity contribution in [3.63, 3.8) is 0 Å². The number of amidine groups is 1. The van der Waals surface area contributed by atoms with Crippen LogP contribution in [0.5, 0.6) is 5.75 Å². The van der Waals surface area contributed by atoms with E-state index in [1.807, 2.05) is 19.1 Å². The van der Waals surface area contributed by atoms with Crippen molar-refractivity contribution in [2.45, 2.75) is 32.8 Å². The smallest absolute Gasteiger partial charge is 0.122 e. The van der Waals surface area contributed by atoms with Crippen molar-refractivity contribution < 1.29 is 4.74 Å². The van der Waals surface area contributed by atoms with E-state index in [0.29, 0.717) is 5.56 Å². The van der Waals surface area contributed by atoms with Crippen LogP contribution in [0.25, 0.3) is 0 Å². The van der Waals surface area contributed by atoms with E-state index in [1.54, 1.807) is 12.1 Å². The van der Waals surface area contributed by atoms with Crippen molar-refractivity contribution in [1.29, 1.82) is 5.41 Å². The predicted molar refractivity (Wildman–Crippen MR) is 62.5 cm³/mol. The fraction of sp³-hybridized carbons (Fsp3) is 0.417. The normalized spacial score (nSPS) is 12.1. The molecule has 0 saturated carbocycles. The molecule has 0 amide bonds. The van der Waals surface area contributed by atoms with Crippen LogP contribution < -0.4 is 10.5 Å². The van der Waals surface area contributed by atoms with Crippen LogP contribution in [0.4, 0.5) is 0 Å². The lowest BCUT2D eigenvalue weighted by molar-refractivity contribution is 0.210. The second-order valence-electron chi connectivity index (χ2n) is 3.66. The summed E-state index contributed by atoms with van der Waals surface area (Å²) >= 11 is 0. The summed E-state index contributed by atoms with van der Waals surface area (Å²) in [5.41, 5.74) is 6.10. The Bertz CT molecular complexity index is 336. The van der Waals surface area contributed by atoms with Gasteiger partial charge in [0.05, 0.1) is 6.10 Å². The molecule has 1 rings (SSSR count). The molecule has 1 unspecified atom stereocenters. The largest absolute Gasteiger partial charge is 0.491 e. The molecule has 0 heterocycles. The summed E-state index contributed by atoms with van der Waals surface area (Å²) in [6.45, 7) is 4.18. The van der Waals surface area contributed by atoms with Crippen LogP contribution in [0.3, 0.4) is 0 Å². The van der Waals surface area contributed by atoms with Crippen LogP contribution in [0.1, 0.15) is 32.3 Å². The van der Waals surface area contributed by atoms with E-state index >= 15 is 0 Å². The minimum absolute atomic E-state index is 0.0728. The zero-order valence-corrected chi connectivity index (χ0v) is 9.29. The van der Waals surface area contributed by atoms with Gasteiger partial charge in [0.2, 0.25) is 0 Å². The Labute approximate surface area is 90.8 Å². The number of nitrogens with two attached hydrogens (primary N) is 1. The third-order valence-corrected chi connectivity index (χ3v) is 2.18. The highest BCUT2D eigenvalue weighted by atomic mass is 16.5. The van der Waals surface area contributed by atoms with Gasteiger partial charge < -0.3 is 10.5 Å². The summed E-state index contributed by atoms with van der Waals surface area (Å²) in [4.78, 5) is 0. The molecule has 3 heteroatoms. The number of ether oxygens (including phenoxy) is 1. The molecule has 3 N–H and O–H groups in total. The maximum absolute atomic E-state index is 7.32. The zero-order chi connectivity index (χ0) is 11.3. The van der Waals surface area contributed by atoms with Crippen LogP contribution >= 0.6 is 0 Å². The predicted octanol–water partition coefficient (Wildman–Crippen LogP) is 2.54. The quantitative estimate of drug-likeness (QED) is 0.574. The second kappa shape index (κ2) is 5.39. The molecule has 0 aliphatic rings. The van der Waals surface area contributed by atoms with Gasteiger partial charge in [-0.15, -0.1) is 0 Å². The van der Waals surface area contributed by atoms with Crippen molar-refractivity contribution >= 4 is 5.84 Å². The first-order valence-corrected chi connectivity index (χ1v) is 5.24. The molecule has 0 aliphatic carbocycles.